The van der Waals surface area contributed by atoms with Crippen molar-refractivity contribution in [1.82, 2.24) is 9.97 Å². The maximum atomic E-state index is 6.55. The van der Waals surface area contributed by atoms with E-state index in [0.29, 0.717) is 0 Å². The molecule has 3 heteroatoms. The number of nitrogens with zero attached hydrogens (tertiary/aromatic N) is 2. The number of fused-ring (bicyclic) bond motifs is 11. The molecule has 1 unspecified atom stereocenters. The minimum absolute atomic E-state index is 0.110. The monoisotopic (exact) mass is 510 g/mol. The van der Waals surface area contributed by atoms with Crippen molar-refractivity contribution in [2.24, 2.45) is 0 Å². The number of hydrogen-bond acceptors (Lipinski definition) is 3. The Labute approximate surface area is 230 Å². The van der Waals surface area contributed by atoms with Crippen molar-refractivity contribution in [3.05, 3.63) is 144 Å². The van der Waals surface area contributed by atoms with Gasteiger partial charge in [-0.05, 0) is 39.8 Å². The highest BCUT2D eigenvalue weighted by Gasteiger charge is 2.37. The Kier molecular flexibility index (Phi) is 4.39. The van der Waals surface area contributed by atoms with E-state index in [4.69, 9.17) is 14.4 Å². The van der Waals surface area contributed by atoms with E-state index < -0.39 is 0 Å². The lowest BCUT2D eigenvalue weighted by Crippen LogP contribution is -2.07. The fraction of sp³-hybridized carbons (Fsp3) is 0.0270. The van der Waals surface area contributed by atoms with Crippen molar-refractivity contribution < 1.29 is 4.42 Å². The number of aromatic nitrogens is 2. The Balaban J connectivity index is 1.45. The highest BCUT2D eigenvalue weighted by Crippen LogP contribution is 2.55. The predicted octanol–water partition coefficient (Wildman–Crippen LogP) is 9.51. The van der Waals surface area contributed by atoms with E-state index >= 15 is 0 Å². The van der Waals surface area contributed by atoms with E-state index in [1.165, 1.54) is 33.0 Å². The molecular formula is C37H22N2O. The van der Waals surface area contributed by atoms with Gasteiger partial charge in [-0.25, -0.2) is 9.97 Å². The molecule has 0 fully saturated rings. The summed E-state index contributed by atoms with van der Waals surface area (Å²) in [5, 5.41) is 5.67. The fourth-order valence-corrected chi connectivity index (χ4v) is 6.69. The first-order valence-corrected chi connectivity index (χ1v) is 13.6. The first kappa shape index (κ1) is 21.6. The SMILES string of the molecule is c1ccc(-c2nc(C3c4ccccc4-c4c3c3ccccc3c3oc5ccccc5c43)nc3ccccc23)cc1. The van der Waals surface area contributed by atoms with Crippen molar-refractivity contribution in [3.8, 4) is 22.4 Å². The molecule has 3 nitrogen and oxygen atoms in total. The molecule has 0 radical (unpaired) electrons. The third-order valence-electron chi connectivity index (χ3n) is 8.33. The third-order valence-corrected chi connectivity index (χ3v) is 8.33. The smallest absolute Gasteiger partial charge is 0.143 e. The highest BCUT2D eigenvalue weighted by atomic mass is 16.3. The molecule has 2 heterocycles. The van der Waals surface area contributed by atoms with Crippen LogP contribution in [0, 0.1) is 0 Å². The summed E-state index contributed by atoms with van der Waals surface area (Å²) < 4.78 is 6.55. The van der Waals surface area contributed by atoms with E-state index in [9.17, 15) is 0 Å². The second-order valence-corrected chi connectivity index (χ2v) is 10.5. The standard InChI is InChI=1S/C37H22N2O/c1-2-12-22(13-3-1)35-27-18-8-10-20-29(27)38-37(39-35)34-24-15-5-4-14-23(24)31-32(34)25-16-6-7-17-26(25)36-33(31)28-19-9-11-21-30(28)40-36/h1-21,34H. The van der Waals surface area contributed by atoms with Gasteiger partial charge in [0.15, 0.2) is 0 Å². The quantitative estimate of drug-likeness (QED) is 0.232. The minimum Gasteiger partial charge on any atom is -0.455 e. The predicted molar refractivity (Wildman–Crippen MR) is 163 cm³/mol. The van der Waals surface area contributed by atoms with E-state index in [-0.39, 0.29) is 5.92 Å². The zero-order valence-electron chi connectivity index (χ0n) is 21.5. The Morgan fingerprint density at radius 2 is 1.23 bits per heavy atom. The van der Waals surface area contributed by atoms with Gasteiger partial charge in [-0.1, -0.05) is 115 Å². The maximum absolute atomic E-state index is 6.55. The number of hydrogen-bond donors (Lipinski definition) is 0. The number of rotatable bonds is 2. The van der Waals surface area contributed by atoms with Gasteiger partial charge in [0.25, 0.3) is 0 Å². The van der Waals surface area contributed by atoms with Gasteiger partial charge in [0, 0.05) is 27.1 Å². The normalized spacial score (nSPS) is 14.2. The zero-order chi connectivity index (χ0) is 26.2. The van der Waals surface area contributed by atoms with Crippen LogP contribution in [-0.4, -0.2) is 9.97 Å². The van der Waals surface area contributed by atoms with Crippen LogP contribution in [0.2, 0.25) is 0 Å². The molecule has 0 N–H and O–H groups in total. The molecule has 8 aromatic rings. The molecule has 1 aliphatic rings. The Morgan fingerprint density at radius 1 is 0.550 bits per heavy atom. The average molecular weight is 511 g/mol. The topological polar surface area (TPSA) is 38.9 Å². The van der Waals surface area contributed by atoms with E-state index in [0.717, 1.165) is 49.9 Å². The summed E-state index contributed by atoms with van der Waals surface area (Å²) in [7, 11) is 0. The Hall–Kier alpha value is -5.28. The molecule has 0 aliphatic heterocycles. The van der Waals surface area contributed by atoms with Crippen LogP contribution in [0.3, 0.4) is 0 Å². The molecule has 2 aromatic heterocycles. The van der Waals surface area contributed by atoms with Gasteiger partial charge in [-0.2, -0.15) is 0 Å². The molecule has 186 valence electrons. The summed E-state index contributed by atoms with van der Waals surface area (Å²) in [4.78, 5) is 10.6. The summed E-state index contributed by atoms with van der Waals surface area (Å²) in [6.07, 6.45) is 0. The lowest BCUT2D eigenvalue weighted by Gasteiger charge is -2.17. The number of para-hydroxylation sites is 2. The first-order valence-electron chi connectivity index (χ1n) is 13.6. The largest absolute Gasteiger partial charge is 0.455 e. The lowest BCUT2D eigenvalue weighted by atomic mass is 9.89. The van der Waals surface area contributed by atoms with Crippen molar-refractivity contribution in [1.29, 1.82) is 0 Å². The summed E-state index contributed by atoms with van der Waals surface area (Å²) in [5.74, 6) is 0.710. The van der Waals surface area contributed by atoms with Gasteiger partial charge < -0.3 is 4.42 Å². The van der Waals surface area contributed by atoms with Gasteiger partial charge in [-0.3, -0.25) is 0 Å². The average Bonchev–Trinajstić information content (AvgIpc) is 3.58. The molecule has 1 atom stereocenters. The van der Waals surface area contributed by atoms with Crippen LogP contribution in [0.25, 0.3) is 66.0 Å². The van der Waals surface area contributed by atoms with Crippen molar-refractivity contribution >= 4 is 43.6 Å². The van der Waals surface area contributed by atoms with Crippen LogP contribution >= 0.6 is 0 Å². The summed E-state index contributed by atoms with van der Waals surface area (Å²) in [5.41, 5.74) is 9.80. The van der Waals surface area contributed by atoms with E-state index in [2.05, 4.69) is 115 Å². The molecule has 0 saturated carbocycles. The van der Waals surface area contributed by atoms with E-state index in [1.807, 2.05) is 12.1 Å². The molecule has 0 bridgehead atoms. The lowest BCUT2D eigenvalue weighted by molar-refractivity contribution is 0.672. The first-order chi connectivity index (χ1) is 19.9. The van der Waals surface area contributed by atoms with E-state index in [1.54, 1.807) is 0 Å². The fourth-order valence-electron chi connectivity index (χ4n) is 6.69. The minimum atomic E-state index is -0.110. The van der Waals surface area contributed by atoms with Crippen LogP contribution in [0.5, 0.6) is 0 Å². The molecule has 40 heavy (non-hydrogen) atoms. The van der Waals surface area contributed by atoms with Crippen LogP contribution in [-0.2, 0) is 0 Å². The van der Waals surface area contributed by atoms with Crippen LogP contribution in [0.15, 0.2) is 132 Å². The molecule has 0 spiro atoms. The highest BCUT2D eigenvalue weighted by molar-refractivity contribution is 6.24. The second kappa shape index (κ2) is 8.11. The van der Waals surface area contributed by atoms with Crippen LogP contribution in [0.4, 0.5) is 0 Å². The van der Waals surface area contributed by atoms with Gasteiger partial charge in [0.2, 0.25) is 0 Å². The molecule has 0 amide bonds. The van der Waals surface area contributed by atoms with Gasteiger partial charge >= 0.3 is 0 Å². The summed E-state index contributed by atoms with van der Waals surface area (Å²) in [6, 6.07) is 44.5. The van der Waals surface area contributed by atoms with Gasteiger partial charge in [0.1, 0.15) is 17.0 Å². The Bertz CT molecular complexity index is 2280. The van der Waals surface area contributed by atoms with Crippen LogP contribution in [0.1, 0.15) is 22.9 Å². The molecule has 6 aromatic carbocycles. The maximum Gasteiger partial charge on any atom is 0.143 e. The molecular weight excluding hydrogens is 488 g/mol. The summed E-state index contributed by atoms with van der Waals surface area (Å²) >= 11 is 0. The van der Waals surface area contributed by atoms with Crippen molar-refractivity contribution in [3.63, 3.8) is 0 Å². The summed E-state index contributed by atoms with van der Waals surface area (Å²) in [6.45, 7) is 0. The molecule has 0 saturated heterocycles. The zero-order valence-corrected chi connectivity index (χ0v) is 21.5. The number of benzene rings is 6. The molecule has 1 aliphatic carbocycles. The number of furan rings is 1. The second-order valence-electron chi connectivity index (χ2n) is 10.5. The molecule has 9 rings (SSSR count). The van der Waals surface area contributed by atoms with Gasteiger partial charge in [0.05, 0.1) is 17.1 Å². The van der Waals surface area contributed by atoms with Gasteiger partial charge in [-0.15, -0.1) is 0 Å². The van der Waals surface area contributed by atoms with Crippen molar-refractivity contribution in [2.75, 3.05) is 0 Å². The van der Waals surface area contributed by atoms with Crippen molar-refractivity contribution in [2.45, 2.75) is 5.92 Å². The Morgan fingerprint density at radius 3 is 2.10 bits per heavy atom. The third kappa shape index (κ3) is 2.89. The van der Waals surface area contributed by atoms with Crippen LogP contribution < -0.4 is 0 Å².